The summed E-state index contributed by atoms with van der Waals surface area (Å²) in [6.07, 6.45) is 1.26. The second-order valence-corrected chi connectivity index (χ2v) is 6.72. The third kappa shape index (κ3) is 4.13. The van der Waals surface area contributed by atoms with E-state index in [-0.39, 0.29) is 31.3 Å². The number of aromatic nitrogens is 1. The quantitative estimate of drug-likeness (QED) is 0.324. The summed E-state index contributed by atoms with van der Waals surface area (Å²) >= 11 is 0. The molecule has 2 rings (SSSR count). The summed E-state index contributed by atoms with van der Waals surface area (Å²) in [5, 5.41) is 11.5. The van der Waals surface area contributed by atoms with Gasteiger partial charge in [-0.25, -0.2) is 8.42 Å². The van der Waals surface area contributed by atoms with E-state index in [9.17, 15) is 8.42 Å². The first-order chi connectivity index (χ1) is 10.0. The molecule has 1 saturated heterocycles. The molecular formula is C12H18N4O4S. The molecule has 1 aliphatic heterocycles. The fourth-order valence-electron chi connectivity index (χ4n) is 2.03. The van der Waals surface area contributed by atoms with Crippen molar-refractivity contribution in [2.75, 3.05) is 25.4 Å². The number of nitrogens with zero attached hydrogens (tertiary/aromatic N) is 3. The van der Waals surface area contributed by atoms with Crippen LogP contribution in [0.3, 0.4) is 0 Å². The molecule has 8 nitrogen and oxygen atoms in total. The predicted octanol–water partition coefficient (Wildman–Crippen LogP) is -0.599. The largest absolute Gasteiger partial charge is 0.409 e. The lowest BCUT2D eigenvalue weighted by Gasteiger charge is -2.31. The van der Waals surface area contributed by atoms with E-state index in [0.29, 0.717) is 6.42 Å². The number of oxime groups is 1. The number of rotatable bonds is 5. The molecule has 1 atom stereocenters. The first-order valence-electron chi connectivity index (χ1n) is 6.49. The van der Waals surface area contributed by atoms with Crippen LogP contribution in [0, 0.1) is 0 Å². The highest BCUT2D eigenvalue weighted by molar-refractivity contribution is 7.89. The molecule has 1 unspecified atom stereocenters. The van der Waals surface area contributed by atoms with Crippen molar-refractivity contribution in [1.82, 2.24) is 9.29 Å². The number of amidine groups is 1. The number of sulfonamides is 1. The predicted molar refractivity (Wildman–Crippen MR) is 76.4 cm³/mol. The first kappa shape index (κ1) is 15.7. The number of hydrogen-bond donors (Lipinski definition) is 2. The summed E-state index contributed by atoms with van der Waals surface area (Å²) in [6.45, 7) is 0.532. The van der Waals surface area contributed by atoms with E-state index >= 15 is 0 Å². The van der Waals surface area contributed by atoms with Gasteiger partial charge in [0.2, 0.25) is 10.0 Å². The molecule has 0 spiro atoms. The molecule has 21 heavy (non-hydrogen) atoms. The third-order valence-corrected chi connectivity index (χ3v) is 5.05. The molecule has 3 N–H and O–H groups in total. The molecule has 9 heteroatoms. The molecule has 0 radical (unpaired) electrons. The van der Waals surface area contributed by atoms with Crippen LogP contribution < -0.4 is 5.73 Å². The summed E-state index contributed by atoms with van der Waals surface area (Å²) in [5.74, 6) is -0.160. The maximum atomic E-state index is 12.3. The molecule has 1 aromatic heterocycles. The van der Waals surface area contributed by atoms with Crippen LogP contribution in [-0.2, 0) is 21.2 Å². The average Bonchev–Trinajstić information content (AvgIpc) is 2.53. The van der Waals surface area contributed by atoms with Gasteiger partial charge in [-0.2, -0.15) is 4.31 Å². The molecule has 0 aliphatic carbocycles. The number of nitrogens with two attached hydrogens (primary N) is 1. The van der Waals surface area contributed by atoms with Gasteiger partial charge in [0.05, 0.1) is 12.4 Å². The summed E-state index contributed by atoms with van der Waals surface area (Å²) in [4.78, 5) is 4.10. The van der Waals surface area contributed by atoms with Crippen LogP contribution in [0.4, 0.5) is 0 Å². The van der Waals surface area contributed by atoms with Crippen LogP contribution in [-0.4, -0.2) is 60.3 Å². The van der Waals surface area contributed by atoms with Gasteiger partial charge in [0.1, 0.15) is 6.10 Å². The molecule has 0 saturated carbocycles. The Kier molecular flexibility index (Phi) is 5.10. The Bertz CT molecular complexity index is 591. The lowest BCUT2D eigenvalue weighted by atomic mass is 10.3. The molecule has 116 valence electrons. The highest BCUT2D eigenvalue weighted by Gasteiger charge is 2.31. The van der Waals surface area contributed by atoms with E-state index in [4.69, 9.17) is 15.7 Å². The van der Waals surface area contributed by atoms with Crippen molar-refractivity contribution in [2.45, 2.75) is 12.5 Å². The minimum Gasteiger partial charge on any atom is -0.409 e. The van der Waals surface area contributed by atoms with Gasteiger partial charge in [-0.15, -0.1) is 0 Å². The first-order valence-corrected chi connectivity index (χ1v) is 8.10. The normalized spacial score (nSPS) is 21.3. The molecule has 1 aromatic rings. The topological polar surface area (TPSA) is 118 Å². The van der Waals surface area contributed by atoms with Crippen LogP contribution in [0.25, 0.3) is 0 Å². The van der Waals surface area contributed by atoms with E-state index in [2.05, 4.69) is 10.1 Å². The van der Waals surface area contributed by atoms with Gasteiger partial charge in [-0.05, 0) is 12.1 Å². The Morgan fingerprint density at radius 2 is 2.38 bits per heavy atom. The van der Waals surface area contributed by atoms with Gasteiger partial charge in [-0.1, -0.05) is 11.2 Å². The van der Waals surface area contributed by atoms with Crippen LogP contribution in [0.5, 0.6) is 0 Å². The Morgan fingerprint density at radius 3 is 3.05 bits per heavy atom. The summed E-state index contributed by atoms with van der Waals surface area (Å²) in [5.41, 5.74) is 6.19. The number of ether oxygens (including phenoxy) is 1. The zero-order valence-electron chi connectivity index (χ0n) is 11.4. The highest BCUT2D eigenvalue weighted by Crippen LogP contribution is 2.12. The Labute approximate surface area is 123 Å². The number of hydrogen-bond acceptors (Lipinski definition) is 6. The van der Waals surface area contributed by atoms with Gasteiger partial charge in [0.25, 0.3) is 0 Å². The number of morpholine rings is 1. The summed E-state index contributed by atoms with van der Waals surface area (Å²) in [6, 6.07) is 5.38. The minimum absolute atomic E-state index is 0.0348. The Morgan fingerprint density at radius 1 is 1.57 bits per heavy atom. The SMILES string of the molecule is NC(=NO)C1CN(S(=O)(=O)CCc2ccccn2)CCO1. The van der Waals surface area contributed by atoms with E-state index < -0.39 is 16.1 Å². The molecule has 1 aliphatic rings. The molecule has 0 aromatic carbocycles. The zero-order valence-corrected chi connectivity index (χ0v) is 12.2. The van der Waals surface area contributed by atoms with Gasteiger partial charge in [0.15, 0.2) is 5.84 Å². The molecule has 2 heterocycles. The fraction of sp³-hybridized carbons (Fsp3) is 0.500. The third-order valence-electron chi connectivity index (χ3n) is 3.21. The van der Waals surface area contributed by atoms with Crippen LogP contribution in [0.2, 0.25) is 0 Å². The van der Waals surface area contributed by atoms with Crippen molar-refractivity contribution in [3.05, 3.63) is 30.1 Å². The summed E-state index contributed by atoms with van der Waals surface area (Å²) < 4.78 is 31.2. The Hall–Kier alpha value is -1.71. The van der Waals surface area contributed by atoms with Gasteiger partial charge < -0.3 is 15.7 Å². The van der Waals surface area contributed by atoms with Gasteiger partial charge in [0, 0.05) is 31.4 Å². The lowest BCUT2D eigenvalue weighted by molar-refractivity contribution is 0.0355. The second kappa shape index (κ2) is 6.83. The standard InChI is InChI=1S/C12H18N4O4S/c13-12(15-17)11-9-16(6-7-20-11)21(18,19)8-4-10-3-1-2-5-14-10/h1-3,5,11,17H,4,6-9H2,(H2,13,15). The maximum Gasteiger partial charge on any atom is 0.214 e. The lowest BCUT2D eigenvalue weighted by Crippen LogP contribution is -2.51. The van der Waals surface area contributed by atoms with E-state index in [1.165, 1.54) is 4.31 Å². The number of aryl methyl sites for hydroxylation is 1. The van der Waals surface area contributed by atoms with Crippen LogP contribution in [0.15, 0.2) is 29.6 Å². The van der Waals surface area contributed by atoms with Gasteiger partial charge >= 0.3 is 0 Å². The van der Waals surface area contributed by atoms with Gasteiger partial charge in [-0.3, -0.25) is 4.98 Å². The van der Waals surface area contributed by atoms with Crippen molar-refractivity contribution < 1.29 is 18.4 Å². The van der Waals surface area contributed by atoms with E-state index in [1.807, 2.05) is 6.07 Å². The second-order valence-electron chi connectivity index (χ2n) is 4.63. The van der Waals surface area contributed by atoms with Crippen LogP contribution >= 0.6 is 0 Å². The summed E-state index contributed by atoms with van der Waals surface area (Å²) in [7, 11) is -3.44. The number of pyridine rings is 1. The van der Waals surface area contributed by atoms with Crippen molar-refractivity contribution in [1.29, 1.82) is 0 Å². The van der Waals surface area contributed by atoms with Crippen molar-refractivity contribution in [3.63, 3.8) is 0 Å². The molecule has 0 amide bonds. The van der Waals surface area contributed by atoms with Crippen LogP contribution in [0.1, 0.15) is 5.69 Å². The Balaban J connectivity index is 1.99. The monoisotopic (exact) mass is 314 g/mol. The molecule has 0 bridgehead atoms. The fourth-order valence-corrected chi connectivity index (χ4v) is 3.47. The molecule has 1 fully saturated rings. The van der Waals surface area contributed by atoms with E-state index in [0.717, 1.165) is 5.69 Å². The van der Waals surface area contributed by atoms with Crippen molar-refractivity contribution in [2.24, 2.45) is 10.9 Å². The smallest absolute Gasteiger partial charge is 0.214 e. The maximum absolute atomic E-state index is 12.3. The van der Waals surface area contributed by atoms with Crippen molar-refractivity contribution in [3.8, 4) is 0 Å². The molecular weight excluding hydrogens is 296 g/mol. The van der Waals surface area contributed by atoms with E-state index in [1.54, 1.807) is 18.3 Å². The van der Waals surface area contributed by atoms with Crippen molar-refractivity contribution >= 4 is 15.9 Å². The average molecular weight is 314 g/mol. The minimum atomic E-state index is -3.44. The highest BCUT2D eigenvalue weighted by atomic mass is 32.2. The zero-order chi connectivity index (χ0) is 15.3.